The molecule has 0 amide bonds. The minimum absolute atomic E-state index is 0. The number of nitrogens with zero attached hydrogens (tertiary/aromatic N) is 1. The van der Waals surface area contributed by atoms with E-state index in [1.54, 1.807) is 0 Å². The second kappa shape index (κ2) is 10.9. The number of nitrogens with one attached hydrogen (secondary N) is 2. The highest BCUT2D eigenvalue weighted by Crippen LogP contribution is 2.32. The highest BCUT2D eigenvalue weighted by molar-refractivity contribution is 14.0. The van der Waals surface area contributed by atoms with Gasteiger partial charge in [-0.1, -0.05) is 36.4 Å². The molecule has 6 heteroatoms. The Bertz CT molecular complexity index is 707. The van der Waals surface area contributed by atoms with Crippen molar-refractivity contribution in [2.75, 3.05) is 19.9 Å². The number of hydrogen-bond acceptors (Lipinski definition) is 3. The van der Waals surface area contributed by atoms with Crippen LogP contribution in [0, 0.1) is 0 Å². The third-order valence-corrected chi connectivity index (χ3v) is 3.98. The molecule has 0 aliphatic carbocycles. The third-order valence-electron chi connectivity index (χ3n) is 3.98. The number of fused-ring (bicyclic) bond motifs is 1. The Labute approximate surface area is 172 Å². The number of aryl methyl sites for hydroxylation is 1. The zero-order chi connectivity index (χ0) is 17.3. The first-order valence-corrected chi connectivity index (χ1v) is 8.80. The summed E-state index contributed by atoms with van der Waals surface area (Å²) in [6, 6.07) is 16.5. The van der Waals surface area contributed by atoms with E-state index in [4.69, 9.17) is 9.47 Å². The fourth-order valence-corrected chi connectivity index (χ4v) is 2.70. The molecule has 2 aromatic rings. The molecule has 2 N–H and O–H groups in total. The zero-order valence-corrected chi connectivity index (χ0v) is 17.4. The molecule has 2 aromatic carbocycles. The first kappa shape index (κ1) is 20.4. The molecule has 0 radical (unpaired) electrons. The lowest BCUT2D eigenvalue weighted by molar-refractivity contribution is 0.174. The van der Waals surface area contributed by atoms with Gasteiger partial charge in [0.15, 0.2) is 17.5 Å². The predicted octanol–water partition coefficient (Wildman–Crippen LogP) is 3.72. The second-order valence-corrected chi connectivity index (χ2v) is 5.90. The van der Waals surface area contributed by atoms with Crippen LogP contribution >= 0.6 is 24.0 Å². The molecule has 0 spiro atoms. The average molecular weight is 467 g/mol. The molecule has 0 saturated carbocycles. The number of aliphatic imine (C=N–C) groups is 1. The van der Waals surface area contributed by atoms with Crippen LogP contribution in [0.4, 0.5) is 0 Å². The lowest BCUT2D eigenvalue weighted by atomic mass is 10.1. The molecule has 1 aliphatic heterocycles. The topological polar surface area (TPSA) is 54.9 Å². The van der Waals surface area contributed by atoms with Crippen LogP contribution in [0.25, 0.3) is 0 Å². The van der Waals surface area contributed by atoms with Crippen molar-refractivity contribution in [2.45, 2.75) is 26.3 Å². The van der Waals surface area contributed by atoms with Gasteiger partial charge in [-0.25, -0.2) is 4.99 Å². The molecule has 1 heterocycles. The Morgan fingerprint density at radius 1 is 1.00 bits per heavy atom. The second-order valence-electron chi connectivity index (χ2n) is 5.90. The molecule has 5 nitrogen and oxygen atoms in total. The fourth-order valence-electron chi connectivity index (χ4n) is 2.70. The molecule has 0 bridgehead atoms. The summed E-state index contributed by atoms with van der Waals surface area (Å²) in [5, 5.41) is 6.68. The fraction of sp³-hybridized carbons (Fsp3) is 0.350. The molecule has 0 atom stereocenters. The van der Waals surface area contributed by atoms with Gasteiger partial charge in [-0.15, -0.1) is 24.0 Å². The van der Waals surface area contributed by atoms with Crippen molar-refractivity contribution < 1.29 is 9.47 Å². The molecule has 0 aromatic heterocycles. The van der Waals surface area contributed by atoms with Crippen molar-refractivity contribution in [3.8, 4) is 11.5 Å². The molecule has 3 rings (SSSR count). The van der Waals surface area contributed by atoms with Crippen LogP contribution in [-0.4, -0.2) is 25.8 Å². The first-order chi connectivity index (χ1) is 12.3. The SMILES string of the molecule is CCNC(=NCc1ccc2c(c1)OCO2)NCCCc1ccccc1.I. The maximum absolute atomic E-state index is 5.41. The monoisotopic (exact) mass is 467 g/mol. The number of guanidine groups is 1. The summed E-state index contributed by atoms with van der Waals surface area (Å²) < 4.78 is 10.7. The first-order valence-electron chi connectivity index (χ1n) is 8.80. The van der Waals surface area contributed by atoms with E-state index in [0.29, 0.717) is 13.3 Å². The van der Waals surface area contributed by atoms with E-state index in [1.807, 2.05) is 24.3 Å². The molecule has 0 unspecified atom stereocenters. The molecular formula is C20H26IN3O2. The average Bonchev–Trinajstić information content (AvgIpc) is 3.12. The van der Waals surface area contributed by atoms with Gasteiger partial charge in [0.2, 0.25) is 6.79 Å². The Balaban J connectivity index is 0.00000243. The number of halogens is 1. The summed E-state index contributed by atoms with van der Waals surface area (Å²) >= 11 is 0. The third kappa shape index (κ3) is 6.09. The Morgan fingerprint density at radius 3 is 2.62 bits per heavy atom. The van der Waals surface area contributed by atoms with Crippen molar-refractivity contribution >= 4 is 29.9 Å². The van der Waals surface area contributed by atoms with Crippen molar-refractivity contribution in [1.82, 2.24) is 10.6 Å². The number of rotatable bonds is 7. The molecule has 140 valence electrons. The highest BCUT2D eigenvalue weighted by atomic mass is 127. The van der Waals surface area contributed by atoms with Crippen LogP contribution in [0.1, 0.15) is 24.5 Å². The summed E-state index contributed by atoms with van der Waals surface area (Å²) in [4.78, 5) is 4.65. The van der Waals surface area contributed by atoms with Gasteiger partial charge >= 0.3 is 0 Å². The molecule has 0 fully saturated rings. The van der Waals surface area contributed by atoms with Gasteiger partial charge in [0.25, 0.3) is 0 Å². The number of hydrogen-bond donors (Lipinski definition) is 2. The molecule has 1 aliphatic rings. The van der Waals surface area contributed by atoms with E-state index in [2.05, 4.69) is 46.8 Å². The van der Waals surface area contributed by atoms with Crippen LogP contribution in [0.2, 0.25) is 0 Å². The number of benzene rings is 2. The van der Waals surface area contributed by atoms with Gasteiger partial charge in [-0.05, 0) is 43.0 Å². The van der Waals surface area contributed by atoms with Gasteiger partial charge in [0, 0.05) is 13.1 Å². The van der Waals surface area contributed by atoms with Gasteiger partial charge in [-0.2, -0.15) is 0 Å². The largest absolute Gasteiger partial charge is 0.454 e. The van der Waals surface area contributed by atoms with Crippen LogP contribution in [0.5, 0.6) is 11.5 Å². The van der Waals surface area contributed by atoms with Crippen molar-refractivity contribution in [2.24, 2.45) is 4.99 Å². The van der Waals surface area contributed by atoms with Gasteiger partial charge in [0.05, 0.1) is 6.54 Å². The molecule has 0 saturated heterocycles. The predicted molar refractivity (Wildman–Crippen MR) is 116 cm³/mol. The van der Waals surface area contributed by atoms with Gasteiger partial charge in [0.1, 0.15) is 0 Å². The van der Waals surface area contributed by atoms with E-state index >= 15 is 0 Å². The van der Waals surface area contributed by atoms with E-state index in [-0.39, 0.29) is 24.0 Å². The van der Waals surface area contributed by atoms with Crippen LogP contribution in [-0.2, 0) is 13.0 Å². The van der Waals surface area contributed by atoms with E-state index in [0.717, 1.165) is 49.0 Å². The van der Waals surface area contributed by atoms with Crippen molar-refractivity contribution in [1.29, 1.82) is 0 Å². The summed E-state index contributed by atoms with van der Waals surface area (Å²) in [5.41, 5.74) is 2.47. The Hall–Kier alpha value is -1.96. The minimum atomic E-state index is 0. The van der Waals surface area contributed by atoms with Crippen molar-refractivity contribution in [3.05, 3.63) is 59.7 Å². The zero-order valence-electron chi connectivity index (χ0n) is 15.0. The maximum atomic E-state index is 5.41. The smallest absolute Gasteiger partial charge is 0.231 e. The molecular weight excluding hydrogens is 441 g/mol. The van der Waals surface area contributed by atoms with E-state index in [9.17, 15) is 0 Å². The molecule has 26 heavy (non-hydrogen) atoms. The van der Waals surface area contributed by atoms with Gasteiger partial charge < -0.3 is 20.1 Å². The Morgan fingerprint density at radius 2 is 1.81 bits per heavy atom. The summed E-state index contributed by atoms with van der Waals surface area (Å²) in [7, 11) is 0. The van der Waals surface area contributed by atoms with Crippen LogP contribution in [0.3, 0.4) is 0 Å². The lowest BCUT2D eigenvalue weighted by Crippen LogP contribution is -2.37. The standard InChI is InChI=1S/C20H25N3O2.HI/c1-2-21-20(22-12-6-9-16-7-4-3-5-8-16)23-14-17-10-11-18-19(13-17)25-15-24-18;/h3-5,7-8,10-11,13H,2,6,9,12,14-15H2,1H3,(H2,21,22,23);1H. The summed E-state index contributed by atoms with van der Waals surface area (Å²) in [6.07, 6.45) is 2.13. The summed E-state index contributed by atoms with van der Waals surface area (Å²) in [5.74, 6) is 2.44. The quantitative estimate of drug-likeness (QED) is 0.282. The highest BCUT2D eigenvalue weighted by Gasteiger charge is 2.12. The normalized spacial score (nSPS) is 12.4. The van der Waals surface area contributed by atoms with E-state index in [1.165, 1.54) is 5.56 Å². The van der Waals surface area contributed by atoms with Crippen LogP contribution in [0.15, 0.2) is 53.5 Å². The Kier molecular flexibility index (Phi) is 8.53. The van der Waals surface area contributed by atoms with Crippen molar-refractivity contribution in [3.63, 3.8) is 0 Å². The summed E-state index contributed by atoms with van der Waals surface area (Å²) in [6.45, 7) is 4.70. The number of ether oxygens (including phenoxy) is 2. The van der Waals surface area contributed by atoms with Gasteiger partial charge in [-0.3, -0.25) is 0 Å². The minimum Gasteiger partial charge on any atom is -0.454 e. The maximum Gasteiger partial charge on any atom is 0.231 e. The van der Waals surface area contributed by atoms with E-state index < -0.39 is 0 Å². The van der Waals surface area contributed by atoms with Crippen LogP contribution < -0.4 is 20.1 Å². The lowest BCUT2D eigenvalue weighted by Gasteiger charge is -2.11.